The van der Waals surface area contributed by atoms with E-state index in [4.69, 9.17) is 0 Å². The molecule has 1 aromatic heterocycles. The maximum absolute atomic E-state index is 12.9. The van der Waals surface area contributed by atoms with Crippen LogP contribution in [0.4, 0.5) is 0 Å². The fourth-order valence-electron chi connectivity index (χ4n) is 2.64. The van der Waals surface area contributed by atoms with Crippen LogP contribution in [0.5, 0.6) is 0 Å². The highest BCUT2D eigenvalue weighted by Gasteiger charge is 2.25. The quantitative estimate of drug-likeness (QED) is 0.897. The van der Waals surface area contributed by atoms with Crippen molar-refractivity contribution in [1.82, 2.24) is 25.2 Å². The average molecular weight is 285 g/mol. The molecule has 1 atom stereocenters. The van der Waals surface area contributed by atoms with Gasteiger partial charge < -0.3 is 10.2 Å². The van der Waals surface area contributed by atoms with Crippen LogP contribution in [-0.4, -0.2) is 51.5 Å². The summed E-state index contributed by atoms with van der Waals surface area (Å²) in [6, 6.07) is 7.70. The fourth-order valence-corrected chi connectivity index (χ4v) is 2.64. The summed E-state index contributed by atoms with van der Waals surface area (Å²) in [4.78, 5) is 16.3. The maximum atomic E-state index is 12.9. The van der Waals surface area contributed by atoms with Crippen LogP contribution in [0, 0.1) is 0 Å². The largest absolute Gasteiger partial charge is 0.335 e. The number of hydrogen-bond donors (Lipinski definition) is 1. The average Bonchev–Trinajstić information content (AvgIpc) is 2.96. The molecule has 3 rings (SSSR count). The third-order valence-corrected chi connectivity index (χ3v) is 3.83. The number of nitrogens with one attached hydrogen (secondary N) is 1. The van der Waals surface area contributed by atoms with Gasteiger partial charge in [-0.05, 0) is 32.0 Å². The molecule has 0 unspecified atom stereocenters. The van der Waals surface area contributed by atoms with Crippen molar-refractivity contribution in [3.8, 4) is 5.69 Å². The van der Waals surface area contributed by atoms with Gasteiger partial charge in [0, 0.05) is 19.1 Å². The summed E-state index contributed by atoms with van der Waals surface area (Å²) in [6.45, 7) is 4.60. The molecule has 6 nitrogen and oxygen atoms in total. The smallest absolute Gasteiger partial charge is 0.256 e. The Morgan fingerprint density at radius 1 is 1.24 bits per heavy atom. The molecule has 0 aliphatic carbocycles. The summed E-state index contributed by atoms with van der Waals surface area (Å²) in [5, 5.41) is 11.6. The van der Waals surface area contributed by atoms with Crippen molar-refractivity contribution < 1.29 is 4.79 Å². The number of amides is 1. The number of nitrogens with zero attached hydrogens (tertiary/aromatic N) is 4. The summed E-state index contributed by atoms with van der Waals surface area (Å²) < 4.78 is 0. The molecule has 1 aliphatic rings. The predicted molar refractivity (Wildman–Crippen MR) is 79.3 cm³/mol. The molecule has 1 N–H and O–H groups in total. The Balaban J connectivity index is 1.94. The molecule has 6 heteroatoms. The molecule has 0 radical (unpaired) electrons. The molecule has 21 heavy (non-hydrogen) atoms. The van der Waals surface area contributed by atoms with Crippen LogP contribution < -0.4 is 5.32 Å². The lowest BCUT2D eigenvalue weighted by Crippen LogP contribution is -2.40. The second-order valence-corrected chi connectivity index (χ2v) is 5.22. The van der Waals surface area contributed by atoms with E-state index in [1.807, 2.05) is 29.2 Å². The lowest BCUT2D eigenvalue weighted by atomic mass is 10.1. The van der Waals surface area contributed by atoms with E-state index in [2.05, 4.69) is 22.4 Å². The molecule has 1 amide bonds. The number of carbonyl (C=O) groups excluding carboxylic acids is 1. The Hall–Kier alpha value is -2.21. The Morgan fingerprint density at radius 2 is 2.00 bits per heavy atom. The van der Waals surface area contributed by atoms with Crippen molar-refractivity contribution in [2.24, 2.45) is 0 Å². The fraction of sp³-hybridized carbons (Fsp3) is 0.400. The van der Waals surface area contributed by atoms with Crippen LogP contribution in [0.1, 0.15) is 23.7 Å². The van der Waals surface area contributed by atoms with E-state index in [1.54, 1.807) is 12.4 Å². The zero-order valence-corrected chi connectivity index (χ0v) is 12.1. The third-order valence-electron chi connectivity index (χ3n) is 3.83. The first-order valence-electron chi connectivity index (χ1n) is 7.25. The van der Waals surface area contributed by atoms with Crippen LogP contribution in [0.2, 0.25) is 0 Å². The minimum atomic E-state index is 0.0408. The van der Waals surface area contributed by atoms with Crippen molar-refractivity contribution in [1.29, 1.82) is 0 Å². The molecule has 1 aromatic carbocycles. The van der Waals surface area contributed by atoms with Gasteiger partial charge in [0.2, 0.25) is 0 Å². The van der Waals surface area contributed by atoms with Gasteiger partial charge in [0.15, 0.2) is 0 Å². The summed E-state index contributed by atoms with van der Waals surface area (Å²) in [7, 11) is 0. The van der Waals surface area contributed by atoms with E-state index in [0.717, 1.165) is 31.7 Å². The molecule has 1 saturated heterocycles. The van der Waals surface area contributed by atoms with Gasteiger partial charge in [-0.25, -0.2) is 0 Å². The molecular formula is C15H19N5O. The second kappa shape index (κ2) is 6.05. The van der Waals surface area contributed by atoms with Gasteiger partial charge in [0.25, 0.3) is 5.91 Å². The first kappa shape index (κ1) is 13.8. The molecule has 2 heterocycles. The van der Waals surface area contributed by atoms with Crippen molar-refractivity contribution in [3.63, 3.8) is 0 Å². The molecule has 0 bridgehead atoms. The Bertz CT molecular complexity index is 610. The number of rotatable bonds is 2. The van der Waals surface area contributed by atoms with Crippen molar-refractivity contribution >= 4 is 5.91 Å². The molecule has 1 fully saturated rings. The lowest BCUT2D eigenvalue weighted by Gasteiger charge is -2.27. The Labute approximate surface area is 123 Å². The Kier molecular flexibility index (Phi) is 3.96. The maximum Gasteiger partial charge on any atom is 0.256 e. The highest BCUT2D eigenvalue weighted by atomic mass is 16.2. The number of hydrogen-bond acceptors (Lipinski definition) is 4. The van der Waals surface area contributed by atoms with E-state index < -0.39 is 0 Å². The van der Waals surface area contributed by atoms with Gasteiger partial charge >= 0.3 is 0 Å². The van der Waals surface area contributed by atoms with E-state index in [-0.39, 0.29) is 11.9 Å². The Morgan fingerprint density at radius 3 is 2.81 bits per heavy atom. The lowest BCUT2D eigenvalue weighted by molar-refractivity contribution is 0.0704. The minimum absolute atomic E-state index is 0.0408. The van der Waals surface area contributed by atoms with Gasteiger partial charge in [0.05, 0.1) is 23.6 Å². The van der Waals surface area contributed by atoms with Gasteiger partial charge in [-0.3, -0.25) is 4.79 Å². The number of carbonyl (C=O) groups is 1. The normalized spacial score (nSPS) is 19.3. The molecule has 0 spiro atoms. The molecule has 110 valence electrons. The van der Waals surface area contributed by atoms with E-state index >= 15 is 0 Å². The van der Waals surface area contributed by atoms with Crippen LogP contribution in [-0.2, 0) is 0 Å². The summed E-state index contributed by atoms with van der Waals surface area (Å²) in [5.41, 5.74) is 1.36. The molecule has 1 aliphatic heterocycles. The van der Waals surface area contributed by atoms with Crippen molar-refractivity contribution in [2.75, 3.05) is 19.6 Å². The molecule has 2 aromatic rings. The number of benzene rings is 1. The zero-order chi connectivity index (χ0) is 14.7. The first-order valence-corrected chi connectivity index (χ1v) is 7.25. The molecular weight excluding hydrogens is 266 g/mol. The van der Waals surface area contributed by atoms with Crippen molar-refractivity contribution in [2.45, 2.75) is 19.4 Å². The van der Waals surface area contributed by atoms with Gasteiger partial charge in [-0.1, -0.05) is 12.1 Å². The number of para-hydroxylation sites is 1. The van der Waals surface area contributed by atoms with Gasteiger partial charge in [-0.15, -0.1) is 0 Å². The van der Waals surface area contributed by atoms with Crippen LogP contribution in [0.25, 0.3) is 5.69 Å². The zero-order valence-electron chi connectivity index (χ0n) is 12.1. The summed E-state index contributed by atoms with van der Waals surface area (Å²) in [5.74, 6) is 0.0408. The van der Waals surface area contributed by atoms with Crippen molar-refractivity contribution in [3.05, 3.63) is 42.2 Å². The van der Waals surface area contributed by atoms with E-state index in [1.165, 1.54) is 4.80 Å². The van der Waals surface area contributed by atoms with E-state index in [0.29, 0.717) is 5.56 Å². The summed E-state index contributed by atoms with van der Waals surface area (Å²) in [6.07, 6.45) is 4.19. The third kappa shape index (κ3) is 2.80. The van der Waals surface area contributed by atoms with Crippen LogP contribution >= 0.6 is 0 Å². The molecule has 0 saturated carbocycles. The minimum Gasteiger partial charge on any atom is -0.335 e. The number of aromatic nitrogens is 3. The predicted octanol–water partition coefficient (Wildman–Crippen LogP) is 1.09. The SMILES string of the molecule is C[C@@H]1CCNCCN1C(=O)c1ccccc1-n1nccn1. The van der Waals surface area contributed by atoms with Crippen LogP contribution in [0.3, 0.4) is 0 Å². The highest BCUT2D eigenvalue weighted by molar-refractivity contribution is 5.97. The van der Waals surface area contributed by atoms with Crippen LogP contribution in [0.15, 0.2) is 36.7 Å². The second-order valence-electron chi connectivity index (χ2n) is 5.22. The van der Waals surface area contributed by atoms with Gasteiger partial charge in [0.1, 0.15) is 0 Å². The topological polar surface area (TPSA) is 63.1 Å². The first-order chi connectivity index (χ1) is 10.3. The summed E-state index contributed by atoms with van der Waals surface area (Å²) >= 11 is 0. The monoisotopic (exact) mass is 285 g/mol. The van der Waals surface area contributed by atoms with Gasteiger partial charge in [-0.2, -0.15) is 15.0 Å². The highest BCUT2D eigenvalue weighted by Crippen LogP contribution is 2.17. The van der Waals surface area contributed by atoms with E-state index in [9.17, 15) is 4.79 Å². The standard InChI is InChI=1S/C15H19N5O/c1-12-6-7-16-10-11-19(12)15(21)13-4-2-3-5-14(13)20-17-8-9-18-20/h2-5,8-9,12,16H,6-7,10-11H2,1H3/t12-/m1/s1.